The highest BCUT2D eigenvalue weighted by Gasteiger charge is 2.59. The number of aromatic nitrogens is 2. The second-order valence-corrected chi connectivity index (χ2v) is 23.6. The first-order valence-electron chi connectivity index (χ1n) is 29.8. The van der Waals surface area contributed by atoms with Crippen LogP contribution in [0.15, 0.2) is 12.5 Å². The molecule has 36 atom stereocenters. The summed E-state index contributed by atoms with van der Waals surface area (Å²) < 4.78 is 82.7. The topological polar surface area (TPSA) is 630 Å². The molecule has 0 unspecified atom stereocenters. The van der Waals surface area contributed by atoms with Crippen LogP contribution < -0.4 is 10.6 Å². The lowest BCUT2D eigenvalue weighted by atomic mass is 9.95. The number of carboxylic acids is 1. The van der Waals surface area contributed by atoms with Gasteiger partial charge in [0.2, 0.25) is 5.91 Å². The van der Waals surface area contributed by atoms with Crippen LogP contribution in [0, 0.1) is 0 Å². The molecule has 21 saturated heterocycles. The average molecular weight is 1360 g/mol. The number of aryl methyl sites for hydroxylation is 1. The molecule has 93 heavy (non-hydrogen) atoms. The van der Waals surface area contributed by atoms with E-state index in [-0.39, 0.29) is 13.0 Å². The molecular formula is C52H84N4O37. The SMILES string of the molecule is Cn1cncc1C[C@H](NC(=O)CCNC[C@H]1O[C@@H]2O[C@H]3[C@H](O)[C@@H](O)[C@@H](O[C@H]4[C@H](O)[C@@H](O)[C@@H](O[C@H]5[C@H](O)[C@@H](O)[C@@H](O[C@H]6[C@H](O)[C@@H](O)[C@@H](O[C@H]7[C@H](O)[C@@H](O)[C@@H](O[C@H]8[C@H](O)[C@@H](O)[C@@H](O[C@H]1[C@H](O)[C@H]2O)O[C@@H]8CO)O[C@@H]7CO)O[C@@H]6CO)O[C@@H]5CO)O[C@@H]4CO)O[C@@H]3CO)C(=O)O. The Balaban J connectivity index is 0.989. The molecule has 22 rings (SSSR count). The molecule has 21 aliphatic heterocycles. The van der Waals surface area contributed by atoms with Crippen molar-refractivity contribution in [3.8, 4) is 0 Å². The van der Waals surface area contributed by atoms with Crippen LogP contribution in [-0.2, 0) is 89.4 Å². The number of nitrogens with one attached hydrogen (secondary N) is 2. The Morgan fingerprint density at radius 3 is 0.882 bits per heavy atom. The Bertz CT molecular complexity index is 2500. The van der Waals surface area contributed by atoms with Crippen LogP contribution in [0.4, 0.5) is 0 Å². The number of hydrogen-bond donors (Lipinski definition) is 23. The van der Waals surface area contributed by atoms with Gasteiger partial charge in [-0.25, -0.2) is 9.78 Å². The lowest BCUT2D eigenvalue weighted by molar-refractivity contribution is -0.396. The first kappa shape index (κ1) is 74.0. The van der Waals surface area contributed by atoms with Crippen molar-refractivity contribution in [2.45, 2.75) is 234 Å². The Labute approximate surface area is 526 Å². The number of aliphatic hydroxyl groups excluding tert-OH is 20. The average Bonchev–Trinajstić information content (AvgIpc) is 1.14. The van der Waals surface area contributed by atoms with Crippen molar-refractivity contribution in [3.05, 3.63) is 18.2 Å². The largest absolute Gasteiger partial charge is 0.480 e. The van der Waals surface area contributed by atoms with Crippen LogP contribution in [0.5, 0.6) is 0 Å². The maximum Gasteiger partial charge on any atom is 0.326 e. The third-order valence-corrected chi connectivity index (χ3v) is 17.4. The van der Waals surface area contributed by atoms with Crippen molar-refractivity contribution >= 4 is 11.9 Å². The normalized spacial score (nSPS) is 48.1. The van der Waals surface area contributed by atoms with Gasteiger partial charge < -0.3 is 189 Å². The van der Waals surface area contributed by atoms with E-state index in [2.05, 4.69) is 15.6 Å². The monoisotopic (exact) mass is 1360 g/mol. The number of carboxylic acid groups (broad SMARTS) is 1. The Kier molecular flexibility index (Phi) is 25.6. The summed E-state index contributed by atoms with van der Waals surface area (Å²) in [4.78, 5) is 29.2. The Morgan fingerprint density at radius 1 is 0.409 bits per heavy atom. The van der Waals surface area contributed by atoms with Crippen LogP contribution in [-0.4, -0.2) is 402 Å². The van der Waals surface area contributed by atoms with Gasteiger partial charge in [0, 0.05) is 44.9 Å². The van der Waals surface area contributed by atoms with Crippen molar-refractivity contribution in [2.75, 3.05) is 52.7 Å². The molecule has 14 bridgehead atoms. The highest BCUT2D eigenvalue weighted by Crippen LogP contribution is 2.39. The smallest absolute Gasteiger partial charge is 0.326 e. The number of amides is 1. The molecule has 0 aliphatic carbocycles. The van der Waals surface area contributed by atoms with Gasteiger partial charge in [0.15, 0.2) is 44.0 Å². The molecule has 0 saturated carbocycles. The standard InChI is InChI=1S/C52H84N4O37/c1-56-13-54-5-14(56)4-15(45(78)79)55-23(63)2-3-53-6-16-38-24(64)31(71)46(80-16)88-39-17(7-57)82-48(33(73)26(39)66)90-41-19(9-59)84-50(35(75)28(41)68)92-43-21(11-61)86-52(37(77)30(43)70)93-44-22(12-62)85-51(36(76)29(44)69)91-42-20(10-60)83-49(34(74)27(42)67)89-40-18(8-58)81-47(87-38)32(72)25(40)65/h5,13,15-22,24-44,46-53,57-62,64-77H,2-4,6-12H2,1H3,(H,55,63)(H,78,79)/t15-,16+,17+,18+,19+,20+,21+,22+,24+,25+,26+,27+,28+,29+,30+,31+,32+,33+,34+,35+,36+,37+,38+,39+,40+,41+,42+,43+,44+,46+,47+,48+,49+,50+,51+,52+/m0/s1. The quantitative estimate of drug-likeness (QED) is 0.0725. The first-order chi connectivity index (χ1) is 44.3. The van der Waals surface area contributed by atoms with Gasteiger partial charge in [0.05, 0.1) is 46.0 Å². The molecule has 1 aromatic heterocycles. The Hall–Kier alpha value is -3.25. The molecular weight excluding hydrogens is 1270 g/mol. The first-order valence-corrected chi connectivity index (χ1v) is 29.8. The van der Waals surface area contributed by atoms with Crippen molar-refractivity contribution < 1.29 is 183 Å². The van der Waals surface area contributed by atoms with Gasteiger partial charge in [-0.05, 0) is 0 Å². The zero-order valence-corrected chi connectivity index (χ0v) is 49.3. The minimum atomic E-state index is -2.28. The fraction of sp³-hybridized carbons (Fsp3) is 0.904. The molecule has 0 spiro atoms. The van der Waals surface area contributed by atoms with Crippen molar-refractivity contribution in [3.63, 3.8) is 0 Å². The Morgan fingerprint density at radius 2 is 0.656 bits per heavy atom. The van der Waals surface area contributed by atoms with Gasteiger partial charge in [-0.2, -0.15) is 0 Å². The number of carbonyl (C=O) groups excluding carboxylic acids is 1. The number of imidazole rings is 1. The van der Waals surface area contributed by atoms with Gasteiger partial charge in [-0.15, -0.1) is 0 Å². The molecule has 1 amide bonds. The van der Waals surface area contributed by atoms with Crippen LogP contribution in [0.3, 0.4) is 0 Å². The molecule has 21 fully saturated rings. The fourth-order valence-corrected chi connectivity index (χ4v) is 12.1. The summed E-state index contributed by atoms with van der Waals surface area (Å²) in [5, 5.41) is 239. The number of aliphatic carboxylic acids is 1. The molecule has 22 heterocycles. The number of ether oxygens (including phenoxy) is 14. The summed E-state index contributed by atoms with van der Waals surface area (Å²) in [6.07, 6.45) is -69.4. The molecule has 23 N–H and O–H groups in total. The third-order valence-electron chi connectivity index (χ3n) is 17.4. The van der Waals surface area contributed by atoms with Gasteiger partial charge in [0.25, 0.3) is 0 Å². The van der Waals surface area contributed by atoms with Crippen LogP contribution in [0.2, 0.25) is 0 Å². The number of aliphatic hydroxyl groups is 20. The van der Waals surface area contributed by atoms with E-state index >= 15 is 0 Å². The number of rotatable bonds is 15. The van der Waals surface area contributed by atoms with Crippen molar-refractivity contribution in [1.29, 1.82) is 0 Å². The van der Waals surface area contributed by atoms with Crippen LogP contribution in [0.25, 0.3) is 0 Å². The molecule has 41 heteroatoms. The second kappa shape index (κ2) is 32.2. The van der Waals surface area contributed by atoms with Gasteiger partial charge >= 0.3 is 5.97 Å². The minimum absolute atomic E-state index is 0.146. The number of hydrogen-bond acceptors (Lipinski definition) is 38. The van der Waals surface area contributed by atoms with E-state index in [1.165, 1.54) is 12.5 Å². The summed E-state index contributed by atoms with van der Waals surface area (Å²) in [5.74, 6) is -2.13. The van der Waals surface area contributed by atoms with E-state index in [1.54, 1.807) is 11.6 Å². The molecule has 0 radical (unpaired) electrons. The summed E-state index contributed by atoms with van der Waals surface area (Å²) in [5.41, 5.74) is 0.478. The van der Waals surface area contributed by atoms with Crippen LogP contribution >= 0.6 is 0 Å². The van der Waals surface area contributed by atoms with Crippen molar-refractivity contribution in [1.82, 2.24) is 20.2 Å². The maximum absolute atomic E-state index is 13.1. The predicted octanol–water partition coefficient (Wildman–Crippen LogP) is -15.7. The molecule has 41 nitrogen and oxygen atoms in total. The van der Waals surface area contributed by atoms with E-state index in [4.69, 9.17) is 66.3 Å². The summed E-state index contributed by atoms with van der Waals surface area (Å²) in [6, 6.07) is -1.40. The van der Waals surface area contributed by atoms with E-state index < -0.39 is 285 Å². The summed E-state index contributed by atoms with van der Waals surface area (Å²) >= 11 is 0. The van der Waals surface area contributed by atoms with E-state index in [1.807, 2.05) is 0 Å². The highest BCUT2D eigenvalue weighted by molar-refractivity contribution is 5.83. The zero-order valence-electron chi connectivity index (χ0n) is 49.3. The van der Waals surface area contributed by atoms with Gasteiger partial charge in [0.1, 0.15) is 177 Å². The molecule has 1 aromatic rings. The lowest BCUT2D eigenvalue weighted by Gasteiger charge is -2.50. The highest BCUT2D eigenvalue weighted by atomic mass is 16.8. The molecule has 534 valence electrons. The molecule has 21 aliphatic rings. The summed E-state index contributed by atoms with van der Waals surface area (Å²) in [6.45, 7) is -7.27. The van der Waals surface area contributed by atoms with Crippen molar-refractivity contribution in [2.24, 2.45) is 7.05 Å². The zero-order chi connectivity index (χ0) is 67.6. The van der Waals surface area contributed by atoms with Gasteiger partial charge in [-0.3, -0.25) is 4.79 Å². The predicted molar refractivity (Wildman–Crippen MR) is 285 cm³/mol. The van der Waals surface area contributed by atoms with Crippen LogP contribution in [0.1, 0.15) is 12.1 Å². The number of carbonyl (C=O) groups is 2. The van der Waals surface area contributed by atoms with Gasteiger partial charge in [-0.1, -0.05) is 0 Å². The third kappa shape index (κ3) is 15.8. The molecule has 0 aromatic carbocycles. The lowest BCUT2D eigenvalue weighted by Crippen LogP contribution is -2.68. The fourth-order valence-electron chi connectivity index (χ4n) is 12.1. The maximum atomic E-state index is 13.1. The van der Waals surface area contributed by atoms with E-state index in [0.29, 0.717) is 5.69 Å². The number of nitrogens with zero attached hydrogens (tertiary/aromatic N) is 2. The minimum Gasteiger partial charge on any atom is -0.480 e. The second-order valence-electron chi connectivity index (χ2n) is 23.6. The summed E-state index contributed by atoms with van der Waals surface area (Å²) in [7, 11) is 1.62. The van der Waals surface area contributed by atoms with E-state index in [0.717, 1.165) is 0 Å². The van der Waals surface area contributed by atoms with E-state index in [9.17, 15) is 117 Å².